The van der Waals surface area contributed by atoms with Gasteiger partial charge in [-0.25, -0.2) is 0 Å². The molecule has 1 aliphatic heterocycles. The zero-order valence-electron chi connectivity index (χ0n) is 9.92. The van der Waals surface area contributed by atoms with Crippen molar-refractivity contribution < 1.29 is 4.74 Å². The van der Waals surface area contributed by atoms with Crippen LogP contribution in [0.3, 0.4) is 0 Å². The van der Waals surface area contributed by atoms with E-state index in [-0.39, 0.29) is 5.54 Å². The second-order valence-corrected chi connectivity index (χ2v) is 6.55. The minimum Gasteiger partial charge on any atom is -0.381 e. The zero-order valence-corrected chi connectivity index (χ0v) is 11.5. The van der Waals surface area contributed by atoms with Gasteiger partial charge in [-0.05, 0) is 48.8 Å². The Bertz CT molecular complexity index is 418. The Labute approximate surface area is 111 Å². The van der Waals surface area contributed by atoms with Crippen molar-refractivity contribution in [3.05, 3.63) is 34.3 Å². The lowest BCUT2D eigenvalue weighted by molar-refractivity contribution is -0.0725. The molecule has 1 aromatic carbocycles. The predicted molar refractivity (Wildman–Crippen MR) is 71.7 cm³/mol. The lowest BCUT2D eigenvalue weighted by Gasteiger charge is -2.56. The van der Waals surface area contributed by atoms with Crippen LogP contribution >= 0.6 is 15.9 Å². The average Bonchev–Trinajstić information content (AvgIpc) is 2.28. The summed E-state index contributed by atoms with van der Waals surface area (Å²) in [4.78, 5) is 0. The lowest BCUT2D eigenvalue weighted by Crippen LogP contribution is -2.57. The maximum absolute atomic E-state index is 6.54. The largest absolute Gasteiger partial charge is 0.381 e. The van der Waals surface area contributed by atoms with Gasteiger partial charge in [-0.1, -0.05) is 28.1 Å². The van der Waals surface area contributed by atoms with Crippen LogP contribution in [0.15, 0.2) is 28.7 Å². The maximum Gasteiger partial charge on any atom is 0.0471 e. The molecule has 0 aromatic heterocycles. The van der Waals surface area contributed by atoms with Gasteiger partial charge in [0.05, 0.1) is 0 Å². The van der Waals surface area contributed by atoms with Gasteiger partial charge in [-0.2, -0.15) is 0 Å². The van der Waals surface area contributed by atoms with Gasteiger partial charge in [0.15, 0.2) is 0 Å². The van der Waals surface area contributed by atoms with E-state index in [0.29, 0.717) is 5.41 Å². The Morgan fingerprint density at radius 3 is 2.53 bits per heavy atom. The number of rotatable bonds is 1. The van der Waals surface area contributed by atoms with E-state index in [9.17, 15) is 0 Å². The summed E-state index contributed by atoms with van der Waals surface area (Å²) in [5, 5.41) is 0. The predicted octanol–water partition coefficient (Wildman–Crippen LogP) is 3.19. The molecule has 3 heteroatoms. The van der Waals surface area contributed by atoms with E-state index in [2.05, 4.69) is 40.2 Å². The first-order valence-corrected chi connectivity index (χ1v) is 7.04. The van der Waals surface area contributed by atoms with Crippen molar-refractivity contribution in [1.29, 1.82) is 0 Å². The number of ether oxygens (including phenoxy) is 1. The number of hydrogen-bond donors (Lipinski definition) is 1. The Morgan fingerprint density at radius 1 is 1.18 bits per heavy atom. The normalized spacial score (nSPS) is 25.5. The summed E-state index contributed by atoms with van der Waals surface area (Å²) in [6, 6.07) is 8.43. The molecule has 3 rings (SSSR count). The minimum absolute atomic E-state index is 0.110. The third-order valence-electron chi connectivity index (χ3n) is 4.33. The Hall–Kier alpha value is -0.380. The summed E-state index contributed by atoms with van der Waals surface area (Å²) in [5.41, 5.74) is 8.16. The first-order chi connectivity index (χ1) is 8.12. The molecule has 2 N–H and O–H groups in total. The van der Waals surface area contributed by atoms with Crippen molar-refractivity contribution in [2.24, 2.45) is 11.1 Å². The molecule has 1 saturated heterocycles. The molecular formula is C14H18BrNO. The summed E-state index contributed by atoms with van der Waals surface area (Å²) in [7, 11) is 0. The molecule has 1 aliphatic carbocycles. The molecule has 1 saturated carbocycles. The molecule has 1 spiro atoms. The molecule has 0 unspecified atom stereocenters. The van der Waals surface area contributed by atoms with Crippen molar-refractivity contribution in [2.75, 3.05) is 13.2 Å². The summed E-state index contributed by atoms with van der Waals surface area (Å²) >= 11 is 3.52. The summed E-state index contributed by atoms with van der Waals surface area (Å²) < 4.78 is 6.56. The zero-order chi connectivity index (χ0) is 11.9. The van der Waals surface area contributed by atoms with Gasteiger partial charge < -0.3 is 10.5 Å². The highest BCUT2D eigenvalue weighted by Gasteiger charge is 2.53. The van der Waals surface area contributed by atoms with Gasteiger partial charge in [0.2, 0.25) is 0 Å². The van der Waals surface area contributed by atoms with Crippen molar-refractivity contribution >= 4 is 15.9 Å². The van der Waals surface area contributed by atoms with E-state index in [0.717, 1.165) is 30.5 Å². The van der Waals surface area contributed by atoms with E-state index in [1.165, 1.54) is 18.4 Å². The van der Waals surface area contributed by atoms with E-state index in [1.807, 2.05) is 0 Å². The molecule has 0 radical (unpaired) electrons. The highest BCUT2D eigenvalue weighted by Crippen LogP contribution is 2.57. The second-order valence-electron chi connectivity index (χ2n) is 5.63. The minimum atomic E-state index is -0.110. The molecule has 0 atom stereocenters. The van der Waals surface area contributed by atoms with Crippen LogP contribution in [-0.4, -0.2) is 13.2 Å². The summed E-state index contributed by atoms with van der Waals surface area (Å²) in [6.45, 7) is 1.82. The van der Waals surface area contributed by atoms with Crippen LogP contribution in [0, 0.1) is 5.41 Å². The summed E-state index contributed by atoms with van der Waals surface area (Å²) in [6.07, 6.45) is 4.58. The molecule has 2 fully saturated rings. The number of benzene rings is 1. The van der Waals surface area contributed by atoms with Crippen LogP contribution in [0.25, 0.3) is 0 Å². The number of nitrogens with two attached hydrogens (primary N) is 1. The first kappa shape index (κ1) is 11.7. The molecular weight excluding hydrogens is 278 g/mol. The van der Waals surface area contributed by atoms with E-state index < -0.39 is 0 Å². The molecule has 2 nitrogen and oxygen atoms in total. The van der Waals surface area contributed by atoms with Crippen molar-refractivity contribution in [3.63, 3.8) is 0 Å². The number of halogens is 1. The standard InChI is InChI=1S/C14H18BrNO/c15-12-3-1-2-11(8-12)14(16)9-13(10-14)4-6-17-7-5-13/h1-3,8H,4-7,9-10,16H2. The maximum atomic E-state index is 6.54. The van der Waals surface area contributed by atoms with E-state index in [4.69, 9.17) is 10.5 Å². The van der Waals surface area contributed by atoms with Crippen molar-refractivity contribution in [3.8, 4) is 0 Å². The smallest absolute Gasteiger partial charge is 0.0471 e. The van der Waals surface area contributed by atoms with Crippen LogP contribution < -0.4 is 5.73 Å². The Balaban J connectivity index is 1.77. The number of hydrogen-bond acceptors (Lipinski definition) is 2. The van der Waals surface area contributed by atoms with Crippen molar-refractivity contribution in [1.82, 2.24) is 0 Å². The van der Waals surface area contributed by atoms with Crippen LogP contribution in [-0.2, 0) is 10.3 Å². The Morgan fingerprint density at radius 2 is 1.88 bits per heavy atom. The lowest BCUT2D eigenvalue weighted by atomic mass is 9.52. The Kier molecular flexibility index (Phi) is 2.80. The first-order valence-electron chi connectivity index (χ1n) is 6.25. The molecule has 0 bridgehead atoms. The second kappa shape index (κ2) is 4.08. The average molecular weight is 296 g/mol. The van der Waals surface area contributed by atoms with Gasteiger partial charge in [-0.15, -0.1) is 0 Å². The van der Waals surface area contributed by atoms with Gasteiger partial charge in [0, 0.05) is 23.2 Å². The quantitative estimate of drug-likeness (QED) is 0.864. The summed E-state index contributed by atoms with van der Waals surface area (Å²) in [5.74, 6) is 0. The highest BCUT2D eigenvalue weighted by atomic mass is 79.9. The topological polar surface area (TPSA) is 35.2 Å². The van der Waals surface area contributed by atoms with Crippen LogP contribution in [0.1, 0.15) is 31.2 Å². The fraction of sp³-hybridized carbons (Fsp3) is 0.571. The molecule has 17 heavy (non-hydrogen) atoms. The van der Waals surface area contributed by atoms with Gasteiger partial charge >= 0.3 is 0 Å². The van der Waals surface area contributed by atoms with Gasteiger partial charge in [-0.3, -0.25) is 0 Å². The molecule has 1 aromatic rings. The van der Waals surface area contributed by atoms with E-state index >= 15 is 0 Å². The van der Waals surface area contributed by atoms with Crippen LogP contribution in [0.5, 0.6) is 0 Å². The third kappa shape index (κ3) is 2.05. The van der Waals surface area contributed by atoms with Crippen LogP contribution in [0.4, 0.5) is 0 Å². The van der Waals surface area contributed by atoms with Crippen molar-refractivity contribution in [2.45, 2.75) is 31.2 Å². The van der Waals surface area contributed by atoms with Gasteiger partial charge in [0.1, 0.15) is 0 Å². The fourth-order valence-electron chi connectivity index (χ4n) is 3.45. The fourth-order valence-corrected chi connectivity index (χ4v) is 3.85. The van der Waals surface area contributed by atoms with Crippen LogP contribution in [0.2, 0.25) is 0 Å². The third-order valence-corrected chi connectivity index (χ3v) is 4.83. The SMILES string of the molecule is NC1(c2cccc(Br)c2)CC2(CCOCC2)C1. The highest BCUT2D eigenvalue weighted by molar-refractivity contribution is 9.10. The molecule has 92 valence electrons. The molecule has 1 heterocycles. The molecule has 0 amide bonds. The van der Waals surface area contributed by atoms with Gasteiger partial charge in [0.25, 0.3) is 0 Å². The van der Waals surface area contributed by atoms with E-state index in [1.54, 1.807) is 0 Å². The molecule has 2 aliphatic rings. The monoisotopic (exact) mass is 295 g/mol.